The molecule has 0 aliphatic rings. The average Bonchev–Trinajstić information content (AvgIpc) is 2.14. The summed E-state index contributed by atoms with van der Waals surface area (Å²) in [6, 6.07) is 5.42. The second-order valence-corrected chi connectivity index (χ2v) is 4.22. The Balaban J connectivity index is 2.78. The van der Waals surface area contributed by atoms with Gasteiger partial charge in [0.25, 0.3) is 5.91 Å². The smallest absolute Gasteiger partial charge is 0.270 e. The van der Waals surface area contributed by atoms with Crippen LogP contribution in [0.5, 0.6) is 0 Å². The van der Waals surface area contributed by atoms with Gasteiger partial charge in [-0.1, -0.05) is 6.07 Å². The van der Waals surface area contributed by atoms with E-state index < -0.39 is 0 Å². The van der Waals surface area contributed by atoms with E-state index in [9.17, 15) is 4.79 Å². The minimum atomic E-state index is -0.297. The number of nitrogens with one attached hydrogen (secondary N) is 2. The molecule has 6 heteroatoms. The van der Waals surface area contributed by atoms with Gasteiger partial charge in [-0.25, -0.2) is 0 Å². The Morgan fingerprint density at radius 3 is 2.67 bits per heavy atom. The maximum atomic E-state index is 11.6. The first kappa shape index (κ1) is 11.9. The maximum Gasteiger partial charge on any atom is 0.270 e. The van der Waals surface area contributed by atoms with E-state index in [1.165, 1.54) is 0 Å². The van der Waals surface area contributed by atoms with Gasteiger partial charge in [-0.05, 0) is 52.8 Å². The number of carbonyl (C=O) groups is 1. The van der Waals surface area contributed by atoms with Gasteiger partial charge >= 0.3 is 0 Å². The van der Waals surface area contributed by atoms with Crippen molar-refractivity contribution in [3.63, 3.8) is 0 Å². The number of halogens is 1. The molecule has 0 unspecified atom stereocenters. The highest BCUT2D eigenvalue weighted by Gasteiger charge is 2.09. The van der Waals surface area contributed by atoms with Gasteiger partial charge in [-0.15, -0.1) is 0 Å². The van der Waals surface area contributed by atoms with Crippen LogP contribution in [-0.2, 0) is 0 Å². The number of hydrazine groups is 1. The standard InChI is InChI=1S/C9H10BrN3OS/c1-5-2-3-6(7(10)4-5)8(14)12-13-9(11)15/h2-4H,1H3,(H,12,14)(H3,11,13,15). The molecule has 4 nitrogen and oxygen atoms in total. The number of carbonyl (C=O) groups excluding carboxylic acids is 1. The number of thiocarbonyl (C=S) groups is 1. The molecule has 0 saturated heterocycles. The summed E-state index contributed by atoms with van der Waals surface area (Å²) < 4.78 is 0.727. The number of amides is 1. The summed E-state index contributed by atoms with van der Waals surface area (Å²) in [4.78, 5) is 11.6. The molecule has 0 bridgehead atoms. The van der Waals surface area contributed by atoms with E-state index in [2.05, 4.69) is 39.0 Å². The normalized spacial score (nSPS) is 9.47. The summed E-state index contributed by atoms with van der Waals surface area (Å²) in [6.07, 6.45) is 0. The monoisotopic (exact) mass is 287 g/mol. The SMILES string of the molecule is Cc1ccc(C(=O)NNC(N)=S)c(Br)c1. The highest BCUT2D eigenvalue weighted by molar-refractivity contribution is 9.10. The average molecular weight is 288 g/mol. The molecule has 0 atom stereocenters. The molecule has 1 amide bonds. The molecule has 1 aromatic rings. The number of benzene rings is 1. The summed E-state index contributed by atoms with van der Waals surface area (Å²) >= 11 is 7.86. The highest BCUT2D eigenvalue weighted by atomic mass is 79.9. The van der Waals surface area contributed by atoms with Crippen LogP contribution >= 0.6 is 28.1 Å². The van der Waals surface area contributed by atoms with Crippen molar-refractivity contribution in [1.29, 1.82) is 0 Å². The van der Waals surface area contributed by atoms with Crippen molar-refractivity contribution in [3.05, 3.63) is 33.8 Å². The van der Waals surface area contributed by atoms with E-state index in [1.807, 2.05) is 19.1 Å². The largest absolute Gasteiger partial charge is 0.375 e. The number of hydrogen-bond donors (Lipinski definition) is 3. The Bertz CT molecular complexity index is 408. The summed E-state index contributed by atoms with van der Waals surface area (Å²) in [5.41, 5.74) is 11.5. The van der Waals surface area contributed by atoms with Crippen LogP contribution < -0.4 is 16.6 Å². The highest BCUT2D eigenvalue weighted by Crippen LogP contribution is 2.17. The van der Waals surface area contributed by atoms with Crippen LogP contribution in [0.2, 0.25) is 0 Å². The van der Waals surface area contributed by atoms with Gasteiger partial charge < -0.3 is 5.73 Å². The molecular formula is C9H10BrN3OS. The molecule has 0 fully saturated rings. The summed E-state index contributed by atoms with van der Waals surface area (Å²) in [5, 5.41) is 0.0200. The lowest BCUT2D eigenvalue weighted by Gasteiger charge is -2.08. The van der Waals surface area contributed by atoms with Gasteiger partial charge in [0.2, 0.25) is 0 Å². The first-order valence-electron chi connectivity index (χ1n) is 4.12. The summed E-state index contributed by atoms with van der Waals surface area (Å²) in [6.45, 7) is 1.94. The molecule has 1 rings (SSSR count). The van der Waals surface area contributed by atoms with E-state index in [0.29, 0.717) is 5.56 Å². The molecule has 0 spiro atoms. The molecule has 0 saturated carbocycles. The van der Waals surface area contributed by atoms with Gasteiger partial charge in [0.1, 0.15) is 0 Å². The second kappa shape index (κ2) is 5.09. The van der Waals surface area contributed by atoms with E-state index in [-0.39, 0.29) is 11.0 Å². The number of rotatable bonds is 1. The fraction of sp³-hybridized carbons (Fsp3) is 0.111. The molecular weight excluding hydrogens is 278 g/mol. The predicted molar refractivity (Wildman–Crippen MR) is 66.3 cm³/mol. The molecule has 1 aromatic carbocycles. The first-order valence-corrected chi connectivity index (χ1v) is 5.33. The van der Waals surface area contributed by atoms with Crippen LogP contribution in [0.4, 0.5) is 0 Å². The fourth-order valence-corrected chi connectivity index (χ4v) is 1.71. The van der Waals surface area contributed by atoms with Crippen molar-refractivity contribution in [2.75, 3.05) is 0 Å². The molecule has 0 aliphatic heterocycles. The van der Waals surface area contributed by atoms with E-state index in [4.69, 9.17) is 5.73 Å². The van der Waals surface area contributed by atoms with E-state index in [0.717, 1.165) is 10.0 Å². The fourth-order valence-electron chi connectivity index (χ4n) is 0.990. The quantitative estimate of drug-likeness (QED) is 0.537. The van der Waals surface area contributed by atoms with Crippen molar-refractivity contribution in [2.45, 2.75) is 6.92 Å². The number of nitrogens with two attached hydrogens (primary N) is 1. The van der Waals surface area contributed by atoms with Crippen LogP contribution in [-0.4, -0.2) is 11.0 Å². The first-order chi connectivity index (χ1) is 7.00. The van der Waals surface area contributed by atoms with Gasteiger partial charge in [0.05, 0.1) is 5.56 Å². The topological polar surface area (TPSA) is 67.2 Å². The molecule has 0 heterocycles. The third-order valence-corrected chi connectivity index (χ3v) is 2.43. The minimum Gasteiger partial charge on any atom is -0.375 e. The zero-order valence-electron chi connectivity index (χ0n) is 8.00. The number of aryl methyl sites for hydroxylation is 1. The summed E-state index contributed by atoms with van der Waals surface area (Å²) in [5.74, 6) is -0.297. The lowest BCUT2D eigenvalue weighted by Crippen LogP contribution is -2.44. The zero-order valence-corrected chi connectivity index (χ0v) is 10.4. The third-order valence-electron chi connectivity index (χ3n) is 1.67. The maximum absolute atomic E-state index is 11.6. The van der Waals surface area contributed by atoms with Crippen molar-refractivity contribution in [3.8, 4) is 0 Å². The minimum absolute atomic E-state index is 0.0200. The van der Waals surface area contributed by atoms with Crippen LogP contribution in [0.25, 0.3) is 0 Å². The molecule has 0 aliphatic carbocycles. The van der Waals surface area contributed by atoms with Gasteiger partial charge in [0, 0.05) is 4.47 Å². The zero-order chi connectivity index (χ0) is 11.4. The molecule has 15 heavy (non-hydrogen) atoms. The van der Waals surface area contributed by atoms with Gasteiger partial charge in [-0.3, -0.25) is 15.6 Å². The molecule has 4 N–H and O–H groups in total. The van der Waals surface area contributed by atoms with Crippen molar-refractivity contribution in [1.82, 2.24) is 10.9 Å². The Kier molecular flexibility index (Phi) is 4.05. The van der Waals surface area contributed by atoms with Gasteiger partial charge in [-0.2, -0.15) is 0 Å². The van der Waals surface area contributed by atoms with Crippen molar-refractivity contribution < 1.29 is 4.79 Å². The Labute approximate surface area is 101 Å². The third kappa shape index (κ3) is 3.49. The van der Waals surface area contributed by atoms with Crippen molar-refractivity contribution in [2.24, 2.45) is 5.73 Å². The molecule has 0 aromatic heterocycles. The number of hydrogen-bond acceptors (Lipinski definition) is 2. The lowest BCUT2D eigenvalue weighted by atomic mass is 10.1. The van der Waals surface area contributed by atoms with Gasteiger partial charge in [0.15, 0.2) is 5.11 Å². The Morgan fingerprint density at radius 2 is 2.13 bits per heavy atom. The summed E-state index contributed by atoms with van der Waals surface area (Å²) in [7, 11) is 0. The Morgan fingerprint density at radius 1 is 1.47 bits per heavy atom. The second-order valence-electron chi connectivity index (χ2n) is 2.93. The van der Waals surface area contributed by atoms with Crippen molar-refractivity contribution >= 4 is 39.2 Å². The van der Waals surface area contributed by atoms with E-state index >= 15 is 0 Å². The lowest BCUT2D eigenvalue weighted by molar-refractivity contribution is 0.0943. The molecule has 80 valence electrons. The van der Waals surface area contributed by atoms with E-state index in [1.54, 1.807) is 6.07 Å². The predicted octanol–water partition coefficient (Wildman–Crippen LogP) is 1.24. The van der Waals surface area contributed by atoms with Crippen LogP contribution in [0, 0.1) is 6.92 Å². The molecule has 0 radical (unpaired) electrons. The Hall–Kier alpha value is -1.14. The van der Waals surface area contributed by atoms with Crippen LogP contribution in [0.3, 0.4) is 0 Å². The van der Waals surface area contributed by atoms with Crippen LogP contribution in [0.1, 0.15) is 15.9 Å². The van der Waals surface area contributed by atoms with Crippen LogP contribution in [0.15, 0.2) is 22.7 Å².